The lowest BCUT2D eigenvalue weighted by Crippen LogP contribution is -2.50. The minimum absolute atomic E-state index is 0.363. The number of anilines is 1. The smallest absolute Gasteiger partial charge is 0.312 e. The van der Waals surface area contributed by atoms with Crippen molar-refractivity contribution in [2.75, 3.05) is 11.9 Å². The van der Waals surface area contributed by atoms with Crippen LogP contribution in [0.1, 0.15) is 38.5 Å². The number of amides is 1. The van der Waals surface area contributed by atoms with Crippen LogP contribution in [0, 0.1) is 40.6 Å². The lowest BCUT2D eigenvalue weighted by molar-refractivity contribution is -0.172. The summed E-state index contributed by atoms with van der Waals surface area (Å²) < 4.78 is 44.9. The molecule has 4 saturated carbocycles. The molecule has 0 radical (unpaired) electrons. The number of hydrogen-bond acceptors (Lipinski definition) is 3. The van der Waals surface area contributed by atoms with E-state index in [-0.39, 0.29) is 5.97 Å². The Morgan fingerprint density at radius 3 is 2.15 bits per heavy atom. The number of nitrogens with one attached hydrogen (secondary N) is 1. The first-order valence-corrected chi connectivity index (χ1v) is 8.97. The van der Waals surface area contributed by atoms with Crippen LogP contribution in [-0.2, 0) is 14.3 Å². The molecule has 0 saturated heterocycles. The number of benzene rings is 1. The molecule has 4 aliphatic carbocycles. The summed E-state index contributed by atoms with van der Waals surface area (Å²) in [6, 6.07) is 1.64. The molecule has 26 heavy (non-hydrogen) atoms. The van der Waals surface area contributed by atoms with E-state index in [1.807, 2.05) is 0 Å². The summed E-state index contributed by atoms with van der Waals surface area (Å²) in [4.78, 5) is 24.6. The summed E-state index contributed by atoms with van der Waals surface area (Å²) in [5.41, 5.74) is -0.970. The van der Waals surface area contributed by atoms with Crippen molar-refractivity contribution >= 4 is 17.6 Å². The number of rotatable bonds is 4. The summed E-state index contributed by atoms with van der Waals surface area (Å²) in [6.07, 6.45) is 6.00. The molecule has 1 amide bonds. The van der Waals surface area contributed by atoms with Crippen LogP contribution in [0.5, 0.6) is 0 Å². The first-order valence-electron chi connectivity index (χ1n) is 8.97. The quantitative estimate of drug-likeness (QED) is 0.651. The minimum Gasteiger partial charge on any atom is -0.455 e. The van der Waals surface area contributed by atoms with Crippen LogP contribution in [0.4, 0.5) is 18.9 Å². The van der Waals surface area contributed by atoms with Crippen molar-refractivity contribution in [2.45, 2.75) is 38.5 Å². The van der Waals surface area contributed by atoms with E-state index in [1.54, 1.807) is 0 Å². The molecule has 1 aromatic carbocycles. The zero-order chi connectivity index (χ0) is 18.5. The average Bonchev–Trinajstić information content (AvgIpc) is 2.59. The fourth-order valence-corrected chi connectivity index (χ4v) is 5.45. The van der Waals surface area contributed by atoms with E-state index in [4.69, 9.17) is 4.74 Å². The van der Waals surface area contributed by atoms with Crippen LogP contribution in [0.25, 0.3) is 0 Å². The molecule has 4 fully saturated rings. The lowest BCUT2D eigenvalue weighted by Gasteiger charge is -2.55. The summed E-state index contributed by atoms with van der Waals surface area (Å²) in [5.74, 6) is -3.92. The normalized spacial score (nSPS) is 31.7. The highest BCUT2D eigenvalue weighted by Gasteiger charge is 2.55. The highest BCUT2D eigenvalue weighted by Crippen LogP contribution is 2.60. The van der Waals surface area contributed by atoms with Gasteiger partial charge >= 0.3 is 5.97 Å². The Morgan fingerprint density at radius 2 is 1.58 bits per heavy atom. The van der Waals surface area contributed by atoms with E-state index in [0.717, 1.165) is 31.4 Å². The highest BCUT2D eigenvalue weighted by molar-refractivity contribution is 5.93. The number of ether oxygens (including phenoxy) is 1. The van der Waals surface area contributed by atoms with Gasteiger partial charge in [-0.05, 0) is 68.4 Å². The minimum atomic E-state index is -1.66. The zero-order valence-electron chi connectivity index (χ0n) is 14.2. The second-order valence-corrected chi connectivity index (χ2v) is 8.05. The van der Waals surface area contributed by atoms with Gasteiger partial charge in [0.2, 0.25) is 0 Å². The topological polar surface area (TPSA) is 55.4 Å². The summed E-state index contributed by atoms with van der Waals surface area (Å²) in [7, 11) is 0. The number of halogens is 3. The number of carbonyl (C=O) groups is 2. The molecule has 4 nitrogen and oxygen atoms in total. The summed E-state index contributed by atoms with van der Waals surface area (Å²) in [6.45, 7) is -0.570. The molecule has 0 atom stereocenters. The average molecular weight is 367 g/mol. The Balaban J connectivity index is 1.36. The van der Waals surface area contributed by atoms with Gasteiger partial charge in [0.25, 0.3) is 5.91 Å². The standard InChI is InChI=1S/C19H20F3NO3/c20-13-1-2-14(17(22)16(13)21)23-15(24)9-26-18(25)19-6-10-3-11(7-19)5-12(4-10)8-19/h1-2,10-12H,3-9H2,(H,23,24). The number of carbonyl (C=O) groups excluding carboxylic acids is 2. The molecule has 7 heteroatoms. The fraction of sp³-hybridized carbons (Fsp3) is 0.579. The Bertz CT molecular complexity index is 729. The molecule has 1 N–H and O–H groups in total. The fourth-order valence-electron chi connectivity index (χ4n) is 5.45. The van der Waals surface area contributed by atoms with Crippen molar-refractivity contribution in [1.82, 2.24) is 0 Å². The molecule has 0 aliphatic heterocycles. The van der Waals surface area contributed by atoms with Gasteiger partial charge in [-0.15, -0.1) is 0 Å². The van der Waals surface area contributed by atoms with Crippen molar-refractivity contribution in [3.8, 4) is 0 Å². The van der Waals surface area contributed by atoms with Crippen molar-refractivity contribution < 1.29 is 27.5 Å². The van der Waals surface area contributed by atoms with Gasteiger partial charge in [-0.2, -0.15) is 0 Å². The van der Waals surface area contributed by atoms with Gasteiger partial charge in [-0.25, -0.2) is 13.2 Å². The molecule has 1 aromatic rings. The van der Waals surface area contributed by atoms with Crippen LogP contribution >= 0.6 is 0 Å². The van der Waals surface area contributed by atoms with Gasteiger partial charge in [0, 0.05) is 0 Å². The molecular formula is C19H20F3NO3. The monoisotopic (exact) mass is 367 g/mol. The summed E-state index contributed by atoms with van der Waals surface area (Å²) >= 11 is 0. The SMILES string of the molecule is O=C(COC(=O)C12CC3CC(CC(C3)C1)C2)Nc1ccc(F)c(F)c1F. The molecule has 0 aromatic heterocycles. The Labute approximate surface area is 149 Å². The van der Waals surface area contributed by atoms with E-state index < -0.39 is 41.1 Å². The van der Waals surface area contributed by atoms with Crippen LogP contribution < -0.4 is 5.32 Å². The third-order valence-corrected chi connectivity index (χ3v) is 6.11. The molecule has 4 bridgehead atoms. The Kier molecular flexibility index (Phi) is 4.20. The Hall–Kier alpha value is -2.05. The highest BCUT2D eigenvalue weighted by atomic mass is 19.2. The third-order valence-electron chi connectivity index (χ3n) is 6.11. The van der Waals surface area contributed by atoms with Crippen molar-refractivity contribution in [3.05, 3.63) is 29.6 Å². The van der Waals surface area contributed by atoms with Crippen LogP contribution in [0.3, 0.4) is 0 Å². The largest absolute Gasteiger partial charge is 0.455 e. The molecule has 140 valence electrons. The maximum Gasteiger partial charge on any atom is 0.312 e. The second-order valence-electron chi connectivity index (χ2n) is 8.05. The first kappa shape index (κ1) is 17.4. The summed E-state index contributed by atoms with van der Waals surface area (Å²) in [5, 5.41) is 2.11. The molecule has 0 spiro atoms. The van der Waals surface area contributed by atoms with Crippen molar-refractivity contribution in [1.29, 1.82) is 0 Å². The molecule has 5 rings (SSSR count). The van der Waals surface area contributed by atoms with E-state index in [0.29, 0.717) is 17.8 Å². The van der Waals surface area contributed by atoms with Gasteiger partial charge in [0.05, 0.1) is 11.1 Å². The van der Waals surface area contributed by atoms with Gasteiger partial charge in [0.1, 0.15) is 0 Å². The van der Waals surface area contributed by atoms with E-state index in [1.165, 1.54) is 19.3 Å². The first-order chi connectivity index (χ1) is 12.4. The third kappa shape index (κ3) is 2.97. The maximum absolute atomic E-state index is 13.6. The lowest BCUT2D eigenvalue weighted by atomic mass is 9.49. The van der Waals surface area contributed by atoms with Gasteiger partial charge < -0.3 is 10.1 Å². The van der Waals surface area contributed by atoms with E-state index >= 15 is 0 Å². The predicted octanol–water partition coefficient (Wildman–Crippen LogP) is 3.80. The molecule has 0 heterocycles. The van der Waals surface area contributed by atoms with E-state index in [2.05, 4.69) is 5.32 Å². The van der Waals surface area contributed by atoms with E-state index in [9.17, 15) is 22.8 Å². The molecule has 0 unspecified atom stereocenters. The second kappa shape index (κ2) is 6.28. The van der Waals surface area contributed by atoms with Crippen molar-refractivity contribution in [2.24, 2.45) is 23.2 Å². The van der Waals surface area contributed by atoms with Gasteiger partial charge in [0.15, 0.2) is 24.1 Å². The van der Waals surface area contributed by atoms with Gasteiger partial charge in [-0.1, -0.05) is 0 Å². The van der Waals surface area contributed by atoms with Crippen LogP contribution in [-0.4, -0.2) is 18.5 Å². The molecular weight excluding hydrogens is 347 g/mol. The van der Waals surface area contributed by atoms with Crippen LogP contribution in [0.2, 0.25) is 0 Å². The zero-order valence-corrected chi connectivity index (χ0v) is 14.2. The van der Waals surface area contributed by atoms with Crippen LogP contribution in [0.15, 0.2) is 12.1 Å². The maximum atomic E-state index is 13.6. The van der Waals surface area contributed by atoms with Crippen molar-refractivity contribution in [3.63, 3.8) is 0 Å². The number of esters is 1. The number of hydrogen-bond donors (Lipinski definition) is 1. The predicted molar refractivity (Wildman–Crippen MR) is 86.5 cm³/mol. The Morgan fingerprint density at radius 1 is 1.00 bits per heavy atom. The van der Waals surface area contributed by atoms with Gasteiger partial charge in [-0.3, -0.25) is 9.59 Å². The molecule has 4 aliphatic rings.